The molecule has 0 atom stereocenters. The molecule has 2 aromatic heterocycles. The molecule has 31 heavy (non-hydrogen) atoms. The zero-order valence-corrected chi connectivity index (χ0v) is 18.1. The Labute approximate surface area is 183 Å². The maximum atomic E-state index is 13.0. The monoisotopic (exact) mass is 431 g/mol. The SMILES string of the molecule is C=CCn1c(SCc2nc3ccccc3c(C)c2C(=O)OC)nc2ccccc2c1=O. The third-order valence-electron chi connectivity index (χ3n) is 5.09. The quantitative estimate of drug-likeness (QED) is 0.193. The van der Waals surface area contributed by atoms with Crippen molar-refractivity contribution < 1.29 is 9.53 Å². The standard InChI is InChI=1S/C24H21N3O3S/c1-4-13-27-22(28)17-10-6-8-12-19(17)26-24(27)31-14-20-21(23(29)30-3)15(2)16-9-5-7-11-18(16)25-20/h4-12H,1,13-14H2,2-3H3. The number of nitrogens with zero attached hydrogens (tertiary/aromatic N) is 3. The Hall–Kier alpha value is -3.45. The lowest BCUT2D eigenvalue weighted by atomic mass is 10.0. The molecule has 0 aliphatic carbocycles. The van der Waals surface area contributed by atoms with Crippen molar-refractivity contribution in [2.45, 2.75) is 24.4 Å². The predicted octanol–water partition coefficient (Wildman–Crippen LogP) is 4.52. The number of methoxy groups -OCH3 is 1. The van der Waals surface area contributed by atoms with Crippen LogP contribution in [-0.4, -0.2) is 27.6 Å². The molecule has 0 aliphatic rings. The molecule has 0 radical (unpaired) electrons. The Balaban J connectivity index is 1.81. The van der Waals surface area contributed by atoms with E-state index in [2.05, 4.69) is 11.6 Å². The van der Waals surface area contributed by atoms with Gasteiger partial charge in [-0.15, -0.1) is 6.58 Å². The van der Waals surface area contributed by atoms with E-state index < -0.39 is 5.97 Å². The smallest absolute Gasteiger partial charge is 0.340 e. The van der Waals surface area contributed by atoms with E-state index in [-0.39, 0.29) is 5.56 Å². The normalized spacial score (nSPS) is 11.0. The van der Waals surface area contributed by atoms with Crippen molar-refractivity contribution in [1.82, 2.24) is 14.5 Å². The van der Waals surface area contributed by atoms with E-state index in [1.54, 1.807) is 16.7 Å². The average Bonchev–Trinajstić information content (AvgIpc) is 2.79. The summed E-state index contributed by atoms with van der Waals surface area (Å²) in [5.74, 6) is -0.0702. The number of pyridine rings is 1. The summed E-state index contributed by atoms with van der Waals surface area (Å²) < 4.78 is 6.61. The van der Waals surface area contributed by atoms with Crippen LogP contribution in [0.15, 0.2) is 71.1 Å². The first-order valence-corrected chi connectivity index (χ1v) is 10.7. The Bertz CT molecular complexity index is 1380. The van der Waals surface area contributed by atoms with Crippen LogP contribution < -0.4 is 5.56 Å². The number of allylic oxidation sites excluding steroid dienone is 1. The summed E-state index contributed by atoms with van der Waals surface area (Å²) in [5.41, 5.74) is 3.18. The number of thioether (sulfide) groups is 1. The summed E-state index contributed by atoms with van der Waals surface area (Å²) in [6, 6.07) is 14.9. The van der Waals surface area contributed by atoms with Crippen molar-refractivity contribution >= 4 is 39.5 Å². The Morgan fingerprint density at radius 3 is 2.42 bits per heavy atom. The minimum Gasteiger partial charge on any atom is -0.465 e. The molecule has 4 rings (SSSR count). The summed E-state index contributed by atoms with van der Waals surface area (Å²) in [7, 11) is 1.36. The second kappa shape index (κ2) is 8.73. The lowest BCUT2D eigenvalue weighted by molar-refractivity contribution is 0.0598. The first-order chi connectivity index (χ1) is 15.0. The number of hydrogen-bond donors (Lipinski definition) is 0. The number of fused-ring (bicyclic) bond motifs is 2. The summed E-state index contributed by atoms with van der Waals surface area (Å²) in [6.45, 7) is 6.00. The number of aromatic nitrogens is 3. The van der Waals surface area contributed by atoms with Gasteiger partial charge in [-0.1, -0.05) is 48.2 Å². The molecular formula is C24H21N3O3S. The fraction of sp³-hybridized carbons (Fsp3) is 0.167. The van der Waals surface area contributed by atoms with Crippen molar-refractivity contribution in [2.24, 2.45) is 0 Å². The van der Waals surface area contributed by atoms with Gasteiger partial charge in [0.05, 0.1) is 34.8 Å². The van der Waals surface area contributed by atoms with E-state index in [1.807, 2.05) is 49.4 Å². The maximum absolute atomic E-state index is 13.0. The number of aryl methyl sites for hydroxylation is 1. The molecule has 0 amide bonds. The van der Waals surface area contributed by atoms with Gasteiger partial charge >= 0.3 is 5.97 Å². The zero-order valence-electron chi connectivity index (χ0n) is 17.3. The minimum atomic E-state index is -0.429. The summed E-state index contributed by atoms with van der Waals surface area (Å²) in [6.07, 6.45) is 1.67. The highest BCUT2D eigenvalue weighted by molar-refractivity contribution is 7.98. The van der Waals surface area contributed by atoms with Gasteiger partial charge in [-0.2, -0.15) is 0 Å². The van der Waals surface area contributed by atoms with E-state index >= 15 is 0 Å². The maximum Gasteiger partial charge on any atom is 0.340 e. The number of carbonyl (C=O) groups is 1. The highest BCUT2D eigenvalue weighted by Crippen LogP contribution is 2.28. The first kappa shape index (κ1) is 20.8. The molecule has 7 heteroatoms. The molecule has 6 nitrogen and oxygen atoms in total. The van der Waals surface area contributed by atoms with Crippen LogP contribution in [0.1, 0.15) is 21.6 Å². The largest absolute Gasteiger partial charge is 0.465 e. The highest BCUT2D eigenvalue weighted by atomic mass is 32.2. The summed E-state index contributed by atoms with van der Waals surface area (Å²) in [5, 5.41) is 2.01. The minimum absolute atomic E-state index is 0.121. The molecule has 2 heterocycles. The molecule has 0 bridgehead atoms. The molecule has 0 saturated heterocycles. The number of para-hydroxylation sites is 2. The predicted molar refractivity (Wildman–Crippen MR) is 124 cm³/mol. The Kier molecular flexibility index (Phi) is 5.86. The van der Waals surface area contributed by atoms with E-state index in [0.717, 1.165) is 16.5 Å². The molecule has 0 saturated carbocycles. The molecule has 0 N–H and O–H groups in total. The van der Waals surface area contributed by atoms with E-state index in [1.165, 1.54) is 18.9 Å². The highest BCUT2D eigenvalue weighted by Gasteiger charge is 2.20. The molecule has 156 valence electrons. The third-order valence-corrected chi connectivity index (χ3v) is 6.08. The van der Waals surface area contributed by atoms with Crippen molar-refractivity contribution in [3.63, 3.8) is 0 Å². The van der Waals surface area contributed by atoms with Gasteiger partial charge < -0.3 is 4.74 Å². The van der Waals surface area contributed by atoms with Gasteiger partial charge in [-0.25, -0.2) is 9.78 Å². The number of esters is 1. The lowest BCUT2D eigenvalue weighted by Crippen LogP contribution is -2.22. The van der Waals surface area contributed by atoms with Gasteiger partial charge in [0.15, 0.2) is 5.16 Å². The number of benzene rings is 2. The molecular weight excluding hydrogens is 410 g/mol. The fourth-order valence-corrected chi connectivity index (χ4v) is 4.55. The topological polar surface area (TPSA) is 74.1 Å². The Morgan fingerprint density at radius 2 is 1.74 bits per heavy atom. The number of carbonyl (C=O) groups excluding carboxylic acids is 1. The van der Waals surface area contributed by atoms with Crippen molar-refractivity contribution in [3.8, 4) is 0 Å². The van der Waals surface area contributed by atoms with Crippen molar-refractivity contribution in [3.05, 3.63) is 88.4 Å². The van der Waals surface area contributed by atoms with Crippen LogP contribution in [0.2, 0.25) is 0 Å². The lowest BCUT2D eigenvalue weighted by Gasteiger charge is -2.14. The molecule has 0 unspecified atom stereocenters. The molecule has 0 fully saturated rings. The van der Waals surface area contributed by atoms with Crippen LogP contribution >= 0.6 is 11.8 Å². The second-order valence-electron chi connectivity index (χ2n) is 6.97. The van der Waals surface area contributed by atoms with Crippen molar-refractivity contribution in [1.29, 1.82) is 0 Å². The van der Waals surface area contributed by atoms with Crippen LogP contribution in [0.3, 0.4) is 0 Å². The van der Waals surface area contributed by atoms with E-state index in [4.69, 9.17) is 9.72 Å². The molecule has 2 aromatic carbocycles. The fourth-order valence-electron chi connectivity index (χ4n) is 3.60. The zero-order chi connectivity index (χ0) is 22.0. The Morgan fingerprint density at radius 1 is 1.10 bits per heavy atom. The van der Waals surface area contributed by atoms with Crippen LogP contribution in [0, 0.1) is 6.92 Å². The summed E-state index contributed by atoms with van der Waals surface area (Å²) >= 11 is 1.36. The third kappa shape index (κ3) is 3.84. The van der Waals surface area contributed by atoms with Crippen LogP contribution in [-0.2, 0) is 17.0 Å². The van der Waals surface area contributed by atoms with Crippen LogP contribution in [0.5, 0.6) is 0 Å². The molecule has 0 aliphatic heterocycles. The van der Waals surface area contributed by atoms with E-state index in [0.29, 0.717) is 39.6 Å². The van der Waals surface area contributed by atoms with Gasteiger partial charge in [0.25, 0.3) is 5.56 Å². The van der Waals surface area contributed by atoms with Gasteiger partial charge in [-0.3, -0.25) is 14.3 Å². The van der Waals surface area contributed by atoms with E-state index in [9.17, 15) is 9.59 Å². The average molecular weight is 432 g/mol. The van der Waals surface area contributed by atoms with Gasteiger partial charge in [-0.05, 0) is 30.7 Å². The van der Waals surface area contributed by atoms with Gasteiger partial charge in [0.1, 0.15) is 0 Å². The first-order valence-electron chi connectivity index (χ1n) is 9.75. The van der Waals surface area contributed by atoms with Crippen LogP contribution in [0.4, 0.5) is 0 Å². The second-order valence-corrected chi connectivity index (χ2v) is 7.91. The summed E-state index contributed by atoms with van der Waals surface area (Å²) in [4.78, 5) is 34.9. The number of hydrogen-bond acceptors (Lipinski definition) is 6. The molecule has 0 spiro atoms. The van der Waals surface area contributed by atoms with Crippen molar-refractivity contribution in [2.75, 3.05) is 7.11 Å². The van der Waals surface area contributed by atoms with Crippen LogP contribution in [0.25, 0.3) is 21.8 Å². The molecule has 4 aromatic rings. The number of rotatable bonds is 6. The van der Waals surface area contributed by atoms with Gasteiger partial charge in [0, 0.05) is 17.7 Å². The number of ether oxygens (including phenoxy) is 1. The van der Waals surface area contributed by atoms with Gasteiger partial charge in [0.2, 0.25) is 0 Å².